The van der Waals surface area contributed by atoms with E-state index in [4.69, 9.17) is 5.73 Å². The molecule has 0 aliphatic heterocycles. The minimum Gasteiger partial charge on any atom is -0.366 e. The highest BCUT2D eigenvalue weighted by Crippen LogP contribution is 2.35. The first-order valence-electron chi connectivity index (χ1n) is 11.2. The van der Waals surface area contributed by atoms with Crippen LogP contribution in [0.15, 0.2) is 84.9 Å². The number of hydrogen-bond donors (Lipinski definition) is 2. The first-order valence-corrected chi connectivity index (χ1v) is 12.2. The molecule has 0 aromatic heterocycles. The summed E-state index contributed by atoms with van der Waals surface area (Å²) in [6.07, 6.45) is 0.183. The number of rotatable bonds is 11. The van der Waals surface area contributed by atoms with Crippen LogP contribution in [0.4, 0.5) is 5.69 Å². The summed E-state index contributed by atoms with van der Waals surface area (Å²) < 4.78 is 0. The number of anilines is 1. The van der Waals surface area contributed by atoms with Crippen molar-refractivity contribution >= 4 is 35.2 Å². The molecular weight excluding hydrogens is 446 g/mol. The van der Waals surface area contributed by atoms with E-state index in [2.05, 4.69) is 29.6 Å². The largest absolute Gasteiger partial charge is 0.366 e. The van der Waals surface area contributed by atoms with Gasteiger partial charge in [0.1, 0.15) is 0 Å². The van der Waals surface area contributed by atoms with Crippen molar-refractivity contribution in [3.63, 3.8) is 0 Å². The molecule has 6 nitrogen and oxygen atoms in total. The van der Waals surface area contributed by atoms with Crippen molar-refractivity contribution in [1.29, 1.82) is 0 Å². The fourth-order valence-electron chi connectivity index (χ4n) is 3.52. The quantitative estimate of drug-likeness (QED) is 0.428. The predicted molar refractivity (Wildman–Crippen MR) is 138 cm³/mol. The molecule has 0 aliphatic carbocycles. The van der Waals surface area contributed by atoms with Gasteiger partial charge in [-0.2, -0.15) is 0 Å². The van der Waals surface area contributed by atoms with Crippen LogP contribution < -0.4 is 11.1 Å². The summed E-state index contributed by atoms with van der Waals surface area (Å²) in [6.45, 7) is 2.78. The summed E-state index contributed by atoms with van der Waals surface area (Å²) in [5.41, 5.74) is 8.49. The minimum absolute atomic E-state index is 0.00275. The molecule has 3 rings (SSSR count). The third-order valence-electron chi connectivity index (χ3n) is 5.37. The van der Waals surface area contributed by atoms with Gasteiger partial charge < -0.3 is 16.0 Å². The Kier molecular flexibility index (Phi) is 9.29. The molecular formula is C27H29N3O3S. The van der Waals surface area contributed by atoms with Crippen molar-refractivity contribution in [3.05, 3.63) is 102 Å². The van der Waals surface area contributed by atoms with Crippen LogP contribution in [0.1, 0.15) is 40.1 Å². The molecule has 176 valence electrons. The number of hydrogen-bond acceptors (Lipinski definition) is 4. The van der Waals surface area contributed by atoms with E-state index < -0.39 is 5.91 Å². The molecule has 0 saturated carbocycles. The summed E-state index contributed by atoms with van der Waals surface area (Å²) in [6, 6.07) is 26.7. The Morgan fingerprint density at radius 1 is 0.882 bits per heavy atom. The maximum absolute atomic E-state index is 12.9. The van der Waals surface area contributed by atoms with Gasteiger partial charge in [-0.1, -0.05) is 60.7 Å². The number of carbonyl (C=O) groups is 3. The summed E-state index contributed by atoms with van der Waals surface area (Å²) in [5.74, 6) is -0.395. The lowest BCUT2D eigenvalue weighted by Crippen LogP contribution is -2.35. The Bertz CT molecular complexity index is 1050. The Morgan fingerprint density at radius 2 is 1.44 bits per heavy atom. The lowest BCUT2D eigenvalue weighted by molar-refractivity contribution is -0.128. The molecule has 0 aliphatic rings. The molecule has 0 spiro atoms. The molecule has 34 heavy (non-hydrogen) atoms. The molecule has 7 heteroatoms. The number of carbonyl (C=O) groups excluding carboxylic acids is 3. The molecule has 0 saturated heterocycles. The second-order valence-electron chi connectivity index (χ2n) is 7.73. The molecule has 0 atom stereocenters. The van der Waals surface area contributed by atoms with Gasteiger partial charge in [0.05, 0.1) is 11.0 Å². The molecule has 0 radical (unpaired) electrons. The van der Waals surface area contributed by atoms with Gasteiger partial charge in [0.15, 0.2) is 0 Å². The van der Waals surface area contributed by atoms with E-state index in [0.29, 0.717) is 30.1 Å². The van der Waals surface area contributed by atoms with Crippen molar-refractivity contribution in [2.24, 2.45) is 5.73 Å². The van der Waals surface area contributed by atoms with Crippen molar-refractivity contribution < 1.29 is 14.4 Å². The maximum atomic E-state index is 12.9. The number of nitrogens with two attached hydrogens (primary N) is 1. The maximum Gasteiger partial charge on any atom is 0.248 e. The van der Waals surface area contributed by atoms with Crippen LogP contribution in [-0.2, 0) is 9.59 Å². The van der Waals surface area contributed by atoms with E-state index >= 15 is 0 Å². The van der Waals surface area contributed by atoms with Gasteiger partial charge in [0.2, 0.25) is 17.7 Å². The Labute approximate surface area is 204 Å². The van der Waals surface area contributed by atoms with Crippen LogP contribution in [0.2, 0.25) is 0 Å². The van der Waals surface area contributed by atoms with E-state index in [1.165, 1.54) is 0 Å². The minimum atomic E-state index is -0.519. The van der Waals surface area contributed by atoms with Gasteiger partial charge in [-0.05, 0) is 42.3 Å². The number of nitrogens with one attached hydrogen (secondary N) is 1. The molecule has 0 bridgehead atoms. The Balaban J connectivity index is 1.55. The van der Waals surface area contributed by atoms with E-state index in [1.807, 2.05) is 43.3 Å². The first kappa shape index (κ1) is 25.1. The summed E-state index contributed by atoms with van der Waals surface area (Å²) >= 11 is 1.59. The molecule has 0 heterocycles. The van der Waals surface area contributed by atoms with Crippen LogP contribution in [-0.4, -0.2) is 41.5 Å². The summed E-state index contributed by atoms with van der Waals surface area (Å²) in [5, 5.41) is 2.84. The number of primary amides is 1. The number of benzene rings is 3. The topological polar surface area (TPSA) is 92.5 Å². The van der Waals surface area contributed by atoms with Gasteiger partial charge in [0, 0.05) is 30.8 Å². The van der Waals surface area contributed by atoms with Crippen LogP contribution >= 0.6 is 11.8 Å². The smallest absolute Gasteiger partial charge is 0.248 e. The number of amides is 3. The van der Waals surface area contributed by atoms with E-state index in [-0.39, 0.29) is 23.5 Å². The molecule has 0 unspecified atom stereocenters. The molecule has 3 aromatic carbocycles. The predicted octanol–water partition coefficient (Wildman–Crippen LogP) is 4.49. The second-order valence-corrected chi connectivity index (χ2v) is 8.82. The monoisotopic (exact) mass is 475 g/mol. The van der Waals surface area contributed by atoms with Crippen LogP contribution in [0.25, 0.3) is 0 Å². The van der Waals surface area contributed by atoms with Gasteiger partial charge in [0.25, 0.3) is 0 Å². The van der Waals surface area contributed by atoms with Gasteiger partial charge >= 0.3 is 0 Å². The Hall–Kier alpha value is -3.58. The average molecular weight is 476 g/mol. The third kappa shape index (κ3) is 7.22. The number of thioether (sulfide) groups is 1. The third-order valence-corrected chi connectivity index (χ3v) is 6.67. The highest BCUT2D eigenvalue weighted by atomic mass is 32.2. The first-order chi connectivity index (χ1) is 16.5. The number of nitrogens with zero attached hydrogens (tertiary/aromatic N) is 1. The highest BCUT2D eigenvalue weighted by molar-refractivity contribution is 8.00. The van der Waals surface area contributed by atoms with Crippen LogP contribution in [0.5, 0.6) is 0 Å². The zero-order valence-corrected chi connectivity index (χ0v) is 20.0. The molecule has 3 N–H and O–H groups in total. The molecule has 3 amide bonds. The average Bonchev–Trinajstić information content (AvgIpc) is 2.86. The van der Waals surface area contributed by atoms with E-state index in [0.717, 1.165) is 11.1 Å². The summed E-state index contributed by atoms with van der Waals surface area (Å²) in [4.78, 5) is 38.2. The lowest BCUT2D eigenvalue weighted by atomic mass is 10.0. The zero-order chi connectivity index (χ0) is 24.3. The zero-order valence-electron chi connectivity index (χ0n) is 19.1. The normalized spacial score (nSPS) is 10.6. The molecule has 0 fully saturated rings. The van der Waals surface area contributed by atoms with Crippen molar-refractivity contribution in [2.45, 2.75) is 18.6 Å². The summed E-state index contributed by atoms with van der Waals surface area (Å²) in [7, 11) is 0. The van der Waals surface area contributed by atoms with Gasteiger partial charge in [-0.25, -0.2) is 0 Å². The van der Waals surface area contributed by atoms with Crippen LogP contribution in [0, 0.1) is 0 Å². The standard InChI is InChI=1S/C27H29N3O3S/c1-2-30(18-17-24(31)29-23-15-13-22(14-16-23)27(28)33)25(32)19-34-26(20-9-5-3-6-10-20)21-11-7-4-8-12-21/h3-16,26H,2,17-19H2,1H3,(H2,28,33)(H,29,31). The van der Waals surface area contributed by atoms with Crippen LogP contribution in [0.3, 0.4) is 0 Å². The lowest BCUT2D eigenvalue weighted by Gasteiger charge is -2.23. The van der Waals surface area contributed by atoms with E-state index in [1.54, 1.807) is 40.9 Å². The Morgan fingerprint density at radius 3 is 1.94 bits per heavy atom. The van der Waals surface area contributed by atoms with Gasteiger partial charge in [-0.15, -0.1) is 11.8 Å². The van der Waals surface area contributed by atoms with Crippen molar-refractivity contribution in [2.75, 3.05) is 24.2 Å². The fourth-order valence-corrected chi connectivity index (χ4v) is 4.71. The second kappa shape index (κ2) is 12.6. The fraction of sp³-hybridized carbons (Fsp3) is 0.222. The highest BCUT2D eigenvalue weighted by Gasteiger charge is 2.19. The van der Waals surface area contributed by atoms with E-state index in [9.17, 15) is 14.4 Å². The van der Waals surface area contributed by atoms with Gasteiger partial charge in [-0.3, -0.25) is 14.4 Å². The van der Waals surface area contributed by atoms with Crippen molar-refractivity contribution in [3.8, 4) is 0 Å². The SMILES string of the molecule is CCN(CCC(=O)Nc1ccc(C(N)=O)cc1)C(=O)CSC(c1ccccc1)c1ccccc1. The molecule has 3 aromatic rings. The van der Waals surface area contributed by atoms with Crippen molar-refractivity contribution in [1.82, 2.24) is 4.90 Å².